The summed E-state index contributed by atoms with van der Waals surface area (Å²) in [7, 11) is 0. The molecule has 1 aromatic heterocycles. The highest BCUT2D eigenvalue weighted by atomic mass is 19.4. The van der Waals surface area contributed by atoms with Gasteiger partial charge in [0, 0.05) is 5.56 Å². The zero-order chi connectivity index (χ0) is 13.3. The number of hydrogen-bond donors (Lipinski definition) is 1. The summed E-state index contributed by atoms with van der Waals surface area (Å²) in [5.74, 6) is -0.905. The van der Waals surface area contributed by atoms with E-state index in [1.54, 1.807) is 0 Å². The molecular formula is C11H7F3N2O2. The van der Waals surface area contributed by atoms with Gasteiger partial charge in [0.2, 0.25) is 5.78 Å². The molecule has 0 aliphatic carbocycles. The first kappa shape index (κ1) is 12.2. The summed E-state index contributed by atoms with van der Waals surface area (Å²) in [6.45, 7) is 0. The minimum absolute atomic E-state index is 0.138. The largest absolute Gasteiger partial charge is 0.420 e. The van der Waals surface area contributed by atoms with E-state index in [0.717, 1.165) is 24.4 Å². The number of oxazole rings is 1. The number of anilines is 1. The molecule has 0 amide bonds. The molecule has 0 bridgehead atoms. The van der Waals surface area contributed by atoms with Gasteiger partial charge in [-0.3, -0.25) is 4.79 Å². The van der Waals surface area contributed by atoms with E-state index < -0.39 is 17.5 Å². The summed E-state index contributed by atoms with van der Waals surface area (Å²) >= 11 is 0. The van der Waals surface area contributed by atoms with Crippen LogP contribution in [0.2, 0.25) is 0 Å². The second kappa shape index (κ2) is 4.17. The Morgan fingerprint density at radius 1 is 1.33 bits per heavy atom. The van der Waals surface area contributed by atoms with Gasteiger partial charge in [0.1, 0.15) is 0 Å². The fourth-order valence-electron chi connectivity index (χ4n) is 1.37. The van der Waals surface area contributed by atoms with Crippen molar-refractivity contribution < 1.29 is 22.4 Å². The first-order valence-corrected chi connectivity index (χ1v) is 4.81. The Balaban J connectivity index is 2.37. The highest BCUT2D eigenvalue weighted by Gasteiger charge is 2.31. The van der Waals surface area contributed by atoms with Crippen LogP contribution in [-0.2, 0) is 6.18 Å². The zero-order valence-corrected chi connectivity index (χ0v) is 8.86. The molecule has 7 heteroatoms. The molecule has 0 radical (unpaired) electrons. The third kappa shape index (κ3) is 2.34. The van der Waals surface area contributed by atoms with E-state index in [1.807, 2.05) is 0 Å². The summed E-state index contributed by atoms with van der Waals surface area (Å²) in [6.07, 6.45) is -3.44. The standard InChI is InChI=1S/C11H7F3N2O2/c12-11(13,14)7-3-1-2-6(4-7)9(17)8-5-16-10(15)18-8/h1-5H,(H2,15,16). The monoisotopic (exact) mass is 256 g/mol. The van der Waals surface area contributed by atoms with Gasteiger partial charge >= 0.3 is 6.18 Å². The van der Waals surface area contributed by atoms with Crippen LogP contribution in [0.1, 0.15) is 21.7 Å². The van der Waals surface area contributed by atoms with E-state index in [2.05, 4.69) is 4.98 Å². The van der Waals surface area contributed by atoms with Crippen LogP contribution in [0.4, 0.5) is 19.2 Å². The Hall–Kier alpha value is -2.31. The molecule has 1 heterocycles. The molecule has 2 aromatic rings. The van der Waals surface area contributed by atoms with Crippen LogP contribution in [0.3, 0.4) is 0 Å². The molecule has 0 saturated carbocycles. The van der Waals surface area contributed by atoms with Gasteiger partial charge in [-0.25, -0.2) is 4.98 Å². The number of rotatable bonds is 2. The van der Waals surface area contributed by atoms with Gasteiger partial charge in [-0.2, -0.15) is 13.2 Å². The van der Waals surface area contributed by atoms with Crippen molar-refractivity contribution in [3.63, 3.8) is 0 Å². The summed E-state index contributed by atoms with van der Waals surface area (Å²) in [5, 5.41) is 0. The number of nitrogens with two attached hydrogens (primary N) is 1. The van der Waals surface area contributed by atoms with Crippen molar-refractivity contribution in [1.29, 1.82) is 0 Å². The van der Waals surface area contributed by atoms with Gasteiger partial charge in [-0.05, 0) is 12.1 Å². The third-order valence-corrected chi connectivity index (χ3v) is 2.20. The molecule has 0 atom stereocenters. The number of benzene rings is 1. The Bertz CT molecular complexity index is 590. The quantitative estimate of drug-likeness (QED) is 0.838. The molecule has 2 rings (SSSR count). The van der Waals surface area contributed by atoms with Crippen molar-refractivity contribution >= 4 is 11.8 Å². The number of hydrogen-bond acceptors (Lipinski definition) is 4. The van der Waals surface area contributed by atoms with Crippen LogP contribution < -0.4 is 5.73 Å². The molecular weight excluding hydrogens is 249 g/mol. The van der Waals surface area contributed by atoms with E-state index >= 15 is 0 Å². The molecule has 1 aromatic carbocycles. The van der Waals surface area contributed by atoms with Crippen LogP contribution in [-0.4, -0.2) is 10.8 Å². The number of nitrogens with zero attached hydrogens (tertiary/aromatic N) is 1. The number of aromatic nitrogens is 1. The van der Waals surface area contributed by atoms with Crippen molar-refractivity contribution in [2.24, 2.45) is 0 Å². The lowest BCUT2D eigenvalue weighted by molar-refractivity contribution is -0.137. The smallest absolute Gasteiger partial charge is 0.416 e. The number of nitrogen functional groups attached to an aromatic ring is 1. The molecule has 18 heavy (non-hydrogen) atoms. The number of alkyl halides is 3. The maximum atomic E-state index is 12.5. The van der Waals surface area contributed by atoms with Crippen molar-refractivity contribution in [3.8, 4) is 0 Å². The van der Waals surface area contributed by atoms with Crippen LogP contribution in [0, 0.1) is 0 Å². The Morgan fingerprint density at radius 3 is 2.61 bits per heavy atom. The highest BCUT2D eigenvalue weighted by Crippen LogP contribution is 2.30. The molecule has 0 spiro atoms. The van der Waals surface area contributed by atoms with E-state index in [1.165, 1.54) is 6.07 Å². The average molecular weight is 256 g/mol. The van der Waals surface area contributed by atoms with E-state index in [-0.39, 0.29) is 17.3 Å². The number of ketones is 1. The molecule has 0 unspecified atom stereocenters. The zero-order valence-electron chi connectivity index (χ0n) is 8.86. The summed E-state index contributed by atoms with van der Waals surface area (Å²) < 4.78 is 42.2. The van der Waals surface area contributed by atoms with E-state index in [9.17, 15) is 18.0 Å². The van der Waals surface area contributed by atoms with Gasteiger partial charge in [-0.1, -0.05) is 12.1 Å². The minimum atomic E-state index is -4.50. The van der Waals surface area contributed by atoms with Crippen LogP contribution in [0.25, 0.3) is 0 Å². The maximum absolute atomic E-state index is 12.5. The fraction of sp³-hybridized carbons (Fsp3) is 0.0909. The molecule has 0 saturated heterocycles. The van der Waals surface area contributed by atoms with Crippen molar-refractivity contribution in [2.45, 2.75) is 6.18 Å². The molecule has 2 N–H and O–H groups in total. The lowest BCUT2D eigenvalue weighted by Crippen LogP contribution is -2.07. The first-order valence-electron chi connectivity index (χ1n) is 4.81. The van der Waals surface area contributed by atoms with E-state index in [4.69, 9.17) is 10.2 Å². The van der Waals surface area contributed by atoms with Gasteiger partial charge in [-0.15, -0.1) is 0 Å². The predicted molar refractivity (Wildman–Crippen MR) is 55.8 cm³/mol. The Labute approximate surface area is 99.2 Å². The summed E-state index contributed by atoms with van der Waals surface area (Å²) in [4.78, 5) is 15.3. The Morgan fingerprint density at radius 2 is 2.06 bits per heavy atom. The fourth-order valence-corrected chi connectivity index (χ4v) is 1.37. The predicted octanol–water partition coefficient (Wildman–Crippen LogP) is 2.51. The van der Waals surface area contributed by atoms with Gasteiger partial charge in [0.15, 0.2) is 5.76 Å². The summed E-state index contributed by atoms with van der Waals surface area (Å²) in [6, 6.07) is 3.82. The summed E-state index contributed by atoms with van der Waals surface area (Å²) in [5.41, 5.74) is 4.14. The van der Waals surface area contributed by atoms with Crippen molar-refractivity contribution in [1.82, 2.24) is 4.98 Å². The SMILES string of the molecule is Nc1ncc(C(=O)c2cccc(C(F)(F)F)c2)o1. The lowest BCUT2D eigenvalue weighted by atomic mass is 10.1. The normalized spacial score (nSPS) is 11.5. The van der Waals surface area contributed by atoms with Crippen LogP contribution >= 0.6 is 0 Å². The minimum Gasteiger partial charge on any atom is -0.420 e. The van der Waals surface area contributed by atoms with Crippen LogP contribution in [0.15, 0.2) is 34.9 Å². The van der Waals surface area contributed by atoms with Crippen molar-refractivity contribution in [3.05, 3.63) is 47.3 Å². The second-order valence-corrected chi connectivity index (χ2v) is 3.47. The number of carbonyl (C=O) groups is 1. The molecule has 94 valence electrons. The molecule has 0 aliphatic heterocycles. The lowest BCUT2D eigenvalue weighted by Gasteiger charge is -2.07. The third-order valence-electron chi connectivity index (χ3n) is 2.20. The molecule has 0 aliphatic rings. The maximum Gasteiger partial charge on any atom is 0.416 e. The average Bonchev–Trinajstić information content (AvgIpc) is 2.74. The van der Waals surface area contributed by atoms with Gasteiger partial charge in [0.25, 0.3) is 6.01 Å². The highest BCUT2D eigenvalue weighted by molar-refractivity contribution is 6.07. The Kier molecular flexibility index (Phi) is 2.82. The van der Waals surface area contributed by atoms with E-state index in [0.29, 0.717) is 0 Å². The van der Waals surface area contributed by atoms with Crippen LogP contribution in [0.5, 0.6) is 0 Å². The van der Waals surface area contributed by atoms with Gasteiger partial charge < -0.3 is 10.2 Å². The number of halogens is 3. The number of carbonyl (C=O) groups excluding carboxylic acids is 1. The molecule has 4 nitrogen and oxygen atoms in total. The topological polar surface area (TPSA) is 69.1 Å². The van der Waals surface area contributed by atoms with Crippen molar-refractivity contribution in [2.75, 3.05) is 5.73 Å². The second-order valence-electron chi connectivity index (χ2n) is 3.47. The van der Waals surface area contributed by atoms with Gasteiger partial charge in [0.05, 0.1) is 11.8 Å². The first-order chi connectivity index (χ1) is 8.38. The molecule has 0 fully saturated rings.